The van der Waals surface area contributed by atoms with Crippen molar-refractivity contribution >= 4 is 17.7 Å². The van der Waals surface area contributed by atoms with E-state index in [1.54, 1.807) is 4.90 Å². The highest BCUT2D eigenvalue weighted by Gasteiger charge is 2.35. The summed E-state index contributed by atoms with van der Waals surface area (Å²) in [4.78, 5) is 41.6. The quantitative estimate of drug-likeness (QED) is 0.784. The van der Waals surface area contributed by atoms with Crippen LogP contribution in [0.3, 0.4) is 0 Å². The molecule has 2 fully saturated rings. The van der Waals surface area contributed by atoms with Gasteiger partial charge >= 0.3 is 0 Å². The van der Waals surface area contributed by atoms with Crippen LogP contribution >= 0.6 is 0 Å². The largest absolute Gasteiger partial charge is 0.355 e. The molecule has 2 heterocycles. The maximum Gasteiger partial charge on any atom is 0.253 e. The molecule has 28 heavy (non-hydrogen) atoms. The van der Waals surface area contributed by atoms with E-state index in [1.165, 1.54) is 0 Å². The van der Waals surface area contributed by atoms with Crippen molar-refractivity contribution in [2.45, 2.75) is 25.7 Å². The van der Waals surface area contributed by atoms with Crippen molar-refractivity contribution in [1.82, 2.24) is 15.1 Å². The number of carbonyl (C=O) groups excluding carboxylic acids is 3. The van der Waals surface area contributed by atoms with Crippen LogP contribution in [-0.2, 0) is 9.59 Å². The Morgan fingerprint density at radius 3 is 2.32 bits per heavy atom. The number of nitrogens with zero attached hydrogens (tertiary/aromatic N) is 2. The third-order valence-corrected chi connectivity index (χ3v) is 5.63. The SMILES string of the molecule is NCCNC(=O)C1CCCN(C(=O)C2CCCN(C(=O)c3ccccc3)C2)C1. The van der Waals surface area contributed by atoms with Crippen molar-refractivity contribution in [3.8, 4) is 0 Å². The van der Waals surface area contributed by atoms with Crippen molar-refractivity contribution in [3.05, 3.63) is 35.9 Å². The summed E-state index contributed by atoms with van der Waals surface area (Å²) >= 11 is 0. The van der Waals surface area contributed by atoms with Crippen LogP contribution < -0.4 is 11.1 Å². The molecule has 7 heteroatoms. The number of hydrogen-bond donors (Lipinski definition) is 2. The van der Waals surface area contributed by atoms with Crippen LogP contribution in [0.4, 0.5) is 0 Å². The molecule has 0 radical (unpaired) electrons. The lowest BCUT2D eigenvalue weighted by molar-refractivity contribution is -0.140. The first-order chi connectivity index (χ1) is 13.6. The summed E-state index contributed by atoms with van der Waals surface area (Å²) in [6, 6.07) is 9.20. The van der Waals surface area contributed by atoms with Gasteiger partial charge in [-0.25, -0.2) is 0 Å². The number of piperidine rings is 2. The second-order valence-corrected chi connectivity index (χ2v) is 7.66. The van der Waals surface area contributed by atoms with Crippen LogP contribution in [0.2, 0.25) is 0 Å². The minimum absolute atomic E-state index is 0.0178. The normalized spacial score (nSPS) is 22.6. The van der Waals surface area contributed by atoms with Gasteiger partial charge in [0.1, 0.15) is 0 Å². The molecular formula is C21H30N4O3. The maximum absolute atomic E-state index is 13.1. The molecule has 0 saturated carbocycles. The summed E-state index contributed by atoms with van der Waals surface area (Å²) < 4.78 is 0. The molecule has 2 aliphatic heterocycles. The number of nitrogens with one attached hydrogen (secondary N) is 1. The molecule has 3 N–H and O–H groups in total. The van der Waals surface area contributed by atoms with E-state index in [1.807, 2.05) is 35.2 Å². The van der Waals surface area contributed by atoms with Gasteiger partial charge in [-0.1, -0.05) is 18.2 Å². The highest BCUT2D eigenvalue weighted by atomic mass is 16.2. The molecule has 0 spiro atoms. The number of carbonyl (C=O) groups is 3. The van der Waals surface area contributed by atoms with Gasteiger partial charge in [-0.05, 0) is 37.8 Å². The Morgan fingerprint density at radius 1 is 0.964 bits per heavy atom. The Hall–Kier alpha value is -2.41. The van der Waals surface area contributed by atoms with Gasteiger partial charge < -0.3 is 20.9 Å². The van der Waals surface area contributed by atoms with Gasteiger partial charge in [0.05, 0.1) is 11.8 Å². The fourth-order valence-electron chi connectivity index (χ4n) is 4.12. The summed E-state index contributed by atoms with van der Waals surface area (Å²) in [5, 5.41) is 2.83. The van der Waals surface area contributed by atoms with E-state index in [9.17, 15) is 14.4 Å². The number of nitrogens with two attached hydrogens (primary N) is 1. The third-order valence-electron chi connectivity index (χ3n) is 5.63. The van der Waals surface area contributed by atoms with Crippen molar-refractivity contribution < 1.29 is 14.4 Å². The van der Waals surface area contributed by atoms with Gasteiger partial charge in [0.15, 0.2) is 0 Å². The van der Waals surface area contributed by atoms with Crippen LogP contribution in [0.1, 0.15) is 36.0 Å². The smallest absolute Gasteiger partial charge is 0.253 e. The molecule has 2 saturated heterocycles. The Balaban J connectivity index is 1.59. The lowest BCUT2D eigenvalue weighted by Crippen LogP contribution is -2.51. The average Bonchev–Trinajstić information content (AvgIpc) is 2.77. The van der Waals surface area contributed by atoms with Crippen molar-refractivity contribution in [3.63, 3.8) is 0 Å². The molecule has 2 unspecified atom stereocenters. The highest BCUT2D eigenvalue weighted by Crippen LogP contribution is 2.24. The molecule has 0 aliphatic carbocycles. The topological polar surface area (TPSA) is 95.7 Å². The third kappa shape index (κ3) is 4.90. The summed E-state index contributed by atoms with van der Waals surface area (Å²) in [7, 11) is 0. The second-order valence-electron chi connectivity index (χ2n) is 7.66. The molecular weight excluding hydrogens is 356 g/mol. The summed E-state index contributed by atoms with van der Waals surface area (Å²) in [6.07, 6.45) is 3.23. The lowest BCUT2D eigenvalue weighted by Gasteiger charge is -2.38. The van der Waals surface area contributed by atoms with E-state index in [2.05, 4.69) is 5.32 Å². The first-order valence-corrected chi connectivity index (χ1v) is 10.2. The number of amides is 3. The summed E-state index contributed by atoms with van der Waals surface area (Å²) in [5.41, 5.74) is 6.10. The molecule has 1 aromatic rings. The zero-order chi connectivity index (χ0) is 19.9. The monoisotopic (exact) mass is 386 g/mol. The van der Waals surface area contributed by atoms with E-state index < -0.39 is 0 Å². The minimum atomic E-state index is -0.188. The first kappa shape index (κ1) is 20.3. The predicted molar refractivity (Wildman–Crippen MR) is 106 cm³/mol. The summed E-state index contributed by atoms with van der Waals surface area (Å²) in [5.74, 6) is -0.327. The van der Waals surface area contributed by atoms with Crippen molar-refractivity contribution in [2.75, 3.05) is 39.3 Å². The fraction of sp³-hybridized carbons (Fsp3) is 0.571. The van der Waals surface area contributed by atoms with Gasteiger partial charge in [0.2, 0.25) is 11.8 Å². The standard InChI is InChI=1S/C21H30N4O3/c22-10-11-23-19(26)17-8-4-12-24(14-17)21(28)18-9-5-13-25(15-18)20(27)16-6-2-1-3-7-16/h1-3,6-7,17-18H,4-5,8-15,22H2,(H,23,26). The highest BCUT2D eigenvalue weighted by molar-refractivity contribution is 5.94. The minimum Gasteiger partial charge on any atom is -0.355 e. The van der Waals surface area contributed by atoms with Crippen LogP contribution in [0.15, 0.2) is 30.3 Å². The van der Waals surface area contributed by atoms with E-state index >= 15 is 0 Å². The Kier molecular flexibility index (Phi) is 7.03. The molecule has 2 aliphatic rings. The average molecular weight is 386 g/mol. The lowest BCUT2D eigenvalue weighted by atomic mass is 9.92. The van der Waals surface area contributed by atoms with E-state index in [4.69, 9.17) is 5.73 Å². The Labute approximate surface area is 166 Å². The van der Waals surface area contributed by atoms with E-state index in [0.29, 0.717) is 44.8 Å². The Bertz CT molecular complexity index is 694. The van der Waals surface area contributed by atoms with Crippen LogP contribution in [0.5, 0.6) is 0 Å². The van der Waals surface area contributed by atoms with Gasteiger partial charge in [-0.3, -0.25) is 14.4 Å². The number of rotatable bonds is 5. The molecule has 1 aromatic carbocycles. The van der Waals surface area contributed by atoms with Crippen molar-refractivity contribution in [2.24, 2.45) is 17.6 Å². The molecule has 3 rings (SSSR count). The van der Waals surface area contributed by atoms with Gasteiger partial charge in [0, 0.05) is 44.8 Å². The van der Waals surface area contributed by atoms with Gasteiger partial charge in [-0.2, -0.15) is 0 Å². The van der Waals surface area contributed by atoms with E-state index in [0.717, 1.165) is 25.7 Å². The molecule has 152 valence electrons. The number of hydrogen-bond acceptors (Lipinski definition) is 4. The fourth-order valence-corrected chi connectivity index (χ4v) is 4.12. The second kappa shape index (κ2) is 9.68. The molecule has 3 amide bonds. The molecule has 2 atom stereocenters. The van der Waals surface area contributed by atoms with Crippen molar-refractivity contribution in [1.29, 1.82) is 0 Å². The number of likely N-dealkylation sites (tertiary alicyclic amines) is 2. The van der Waals surface area contributed by atoms with E-state index in [-0.39, 0.29) is 29.6 Å². The van der Waals surface area contributed by atoms with Crippen LogP contribution in [0, 0.1) is 11.8 Å². The van der Waals surface area contributed by atoms with Crippen LogP contribution in [0.25, 0.3) is 0 Å². The van der Waals surface area contributed by atoms with Crippen LogP contribution in [-0.4, -0.2) is 66.8 Å². The summed E-state index contributed by atoms with van der Waals surface area (Å²) in [6.45, 7) is 3.15. The maximum atomic E-state index is 13.1. The Morgan fingerprint density at radius 2 is 1.61 bits per heavy atom. The van der Waals surface area contributed by atoms with Gasteiger partial charge in [0.25, 0.3) is 5.91 Å². The number of benzene rings is 1. The molecule has 7 nitrogen and oxygen atoms in total. The van der Waals surface area contributed by atoms with Gasteiger partial charge in [-0.15, -0.1) is 0 Å². The molecule has 0 aromatic heterocycles. The zero-order valence-electron chi connectivity index (χ0n) is 16.3. The predicted octanol–water partition coefficient (Wildman–Crippen LogP) is 0.852. The first-order valence-electron chi connectivity index (χ1n) is 10.2. The molecule has 0 bridgehead atoms. The zero-order valence-corrected chi connectivity index (χ0v) is 16.3.